The predicted molar refractivity (Wildman–Crippen MR) is 104 cm³/mol. The smallest absolute Gasteiger partial charge is 0.259 e. The highest BCUT2D eigenvalue weighted by Crippen LogP contribution is 2.33. The van der Waals surface area contributed by atoms with E-state index in [1.165, 1.54) is 0 Å². The van der Waals surface area contributed by atoms with Crippen LogP contribution in [-0.4, -0.2) is 44.7 Å². The highest BCUT2D eigenvalue weighted by Gasteiger charge is 2.34. The number of likely N-dealkylation sites (tertiary alicyclic amines) is 1. The molecule has 2 atom stereocenters. The molecule has 0 radical (unpaired) electrons. The Morgan fingerprint density at radius 3 is 2.79 bits per heavy atom. The highest BCUT2D eigenvalue weighted by atomic mass is 16.5. The van der Waals surface area contributed by atoms with E-state index in [4.69, 9.17) is 9.26 Å². The maximum absolute atomic E-state index is 13.3. The zero-order chi connectivity index (χ0) is 20.5. The topological polar surface area (TPSA) is 88.7 Å². The lowest BCUT2D eigenvalue weighted by Gasteiger charge is -2.37. The van der Waals surface area contributed by atoms with Gasteiger partial charge in [-0.1, -0.05) is 5.16 Å². The van der Waals surface area contributed by atoms with Crippen LogP contribution in [0.25, 0.3) is 0 Å². The molecule has 3 heterocycles. The van der Waals surface area contributed by atoms with Crippen LogP contribution in [0.1, 0.15) is 75.2 Å². The van der Waals surface area contributed by atoms with Crippen LogP contribution in [0.3, 0.4) is 0 Å². The molecule has 0 aromatic carbocycles. The second-order valence-electron chi connectivity index (χ2n) is 8.28. The average Bonchev–Trinajstić information content (AvgIpc) is 3.12. The van der Waals surface area contributed by atoms with Crippen molar-refractivity contribution in [3.63, 3.8) is 0 Å². The quantitative estimate of drug-likeness (QED) is 0.845. The monoisotopic (exact) mass is 387 g/mol. The van der Waals surface area contributed by atoms with Crippen LogP contribution in [0.2, 0.25) is 0 Å². The Bertz CT molecular complexity index is 825. The van der Waals surface area contributed by atoms with Gasteiger partial charge in [0.1, 0.15) is 11.2 Å². The van der Waals surface area contributed by atoms with Crippen LogP contribution in [0.15, 0.2) is 28.9 Å². The molecule has 7 heteroatoms. The summed E-state index contributed by atoms with van der Waals surface area (Å²) in [6.45, 7) is 9.73. The van der Waals surface area contributed by atoms with Crippen LogP contribution in [-0.2, 0) is 5.60 Å². The van der Waals surface area contributed by atoms with Gasteiger partial charge in [0.05, 0.1) is 11.8 Å². The summed E-state index contributed by atoms with van der Waals surface area (Å²) in [6.07, 6.45) is 3.33. The lowest BCUT2D eigenvalue weighted by atomic mass is 9.90. The zero-order valence-corrected chi connectivity index (χ0v) is 17.2. The van der Waals surface area contributed by atoms with Gasteiger partial charge in [0.15, 0.2) is 5.76 Å². The number of aromatic nitrogens is 2. The number of nitrogens with zero attached hydrogens (tertiary/aromatic N) is 3. The summed E-state index contributed by atoms with van der Waals surface area (Å²) < 4.78 is 11.0. The summed E-state index contributed by atoms with van der Waals surface area (Å²) in [5.74, 6) is 0.764. The molecule has 7 nitrogen and oxygen atoms in total. The molecule has 0 unspecified atom stereocenters. The van der Waals surface area contributed by atoms with E-state index in [9.17, 15) is 9.90 Å². The Hall–Kier alpha value is -2.41. The Kier molecular flexibility index (Phi) is 5.74. The van der Waals surface area contributed by atoms with Crippen LogP contribution >= 0.6 is 0 Å². The zero-order valence-electron chi connectivity index (χ0n) is 17.2. The van der Waals surface area contributed by atoms with Gasteiger partial charge in [-0.25, -0.2) is 4.98 Å². The number of hydrogen-bond donors (Lipinski definition) is 1. The van der Waals surface area contributed by atoms with Gasteiger partial charge >= 0.3 is 0 Å². The van der Waals surface area contributed by atoms with Gasteiger partial charge in [-0.2, -0.15) is 0 Å². The van der Waals surface area contributed by atoms with Crippen molar-refractivity contribution in [2.45, 2.75) is 71.1 Å². The SMILES string of the molecule is CC(C)Oc1ncccc1C(=O)N1C[C@H](c2cc(C(C)(C)O)on2)CC[C@H]1C. The van der Waals surface area contributed by atoms with E-state index in [1.54, 1.807) is 38.2 Å². The molecule has 0 bridgehead atoms. The largest absolute Gasteiger partial charge is 0.474 e. The molecule has 1 fully saturated rings. The van der Waals surface area contributed by atoms with Crippen molar-refractivity contribution in [1.29, 1.82) is 0 Å². The van der Waals surface area contributed by atoms with E-state index < -0.39 is 5.60 Å². The van der Waals surface area contributed by atoms with Gasteiger partial charge in [-0.15, -0.1) is 0 Å². The molecule has 1 saturated heterocycles. The van der Waals surface area contributed by atoms with Crippen LogP contribution < -0.4 is 4.74 Å². The van der Waals surface area contributed by atoms with E-state index in [0.29, 0.717) is 23.7 Å². The number of piperidine rings is 1. The molecule has 1 aliphatic rings. The molecule has 3 rings (SSSR count). The average molecular weight is 387 g/mol. The second kappa shape index (κ2) is 7.91. The van der Waals surface area contributed by atoms with Crippen molar-refractivity contribution in [1.82, 2.24) is 15.0 Å². The van der Waals surface area contributed by atoms with Gasteiger partial charge in [-0.05, 0) is 59.6 Å². The Labute approximate surface area is 165 Å². The number of carbonyl (C=O) groups excluding carboxylic acids is 1. The van der Waals surface area contributed by atoms with Crippen molar-refractivity contribution in [3.8, 4) is 5.88 Å². The van der Waals surface area contributed by atoms with Crippen molar-refractivity contribution < 1.29 is 19.2 Å². The normalized spacial score (nSPS) is 20.5. The van der Waals surface area contributed by atoms with E-state index in [0.717, 1.165) is 18.5 Å². The Balaban J connectivity index is 1.82. The van der Waals surface area contributed by atoms with Gasteiger partial charge < -0.3 is 19.3 Å². The van der Waals surface area contributed by atoms with Crippen LogP contribution in [0, 0.1) is 0 Å². The molecular formula is C21H29N3O4. The van der Waals surface area contributed by atoms with Crippen LogP contribution in [0.4, 0.5) is 0 Å². The number of rotatable bonds is 5. The van der Waals surface area contributed by atoms with Crippen molar-refractivity contribution in [3.05, 3.63) is 41.4 Å². The molecule has 0 spiro atoms. The third-order valence-electron chi connectivity index (χ3n) is 5.04. The summed E-state index contributed by atoms with van der Waals surface area (Å²) in [5.41, 5.74) is 0.161. The number of hydrogen-bond acceptors (Lipinski definition) is 6. The van der Waals surface area contributed by atoms with Crippen molar-refractivity contribution in [2.75, 3.05) is 6.54 Å². The van der Waals surface area contributed by atoms with Gasteiger partial charge in [0.25, 0.3) is 5.91 Å². The molecular weight excluding hydrogens is 358 g/mol. The molecule has 2 aromatic rings. The minimum absolute atomic E-state index is 0.0612. The number of pyridine rings is 1. The summed E-state index contributed by atoms with van der Waals surface area (Å²) in [4.78, 5) is 19.4. The van der Waals surface area contributed by atoms with Crippen molar-refractivity contribution in [2.24, 2.45) is 0 Å². The first kappa shape index (κ1) is 20.3. The van der Waals surface area contributed by atoms with Crippen molar-refractivity contribution >= 4 is 5.91 Å². The maximum atomic E-state index is 13.3. The number of aliphatic hydroxyl groups is 1. The molecule has 1 N–H and O–H groups in total. The first-order valence-corrected chi connectivity index (χ1v) is 9.79. The fraction of sp³-hybridized carbons (Fsp3) is 0.571. The first-order chi connectivity index (χ1) is 13.2. The van der Waals surface area contributed by atoms with Gasteiger partial charge in [0.2, 0.25) is 5.88 Å². The minimum Gasteiger partial charge on any atom is -0.474 e. The second-order valence-corrected chi connectivity index (χ2v) is 8.28. The van der Waals surface area contributed by atoms with E-state index in [1.807, 2.05) is 18.7 Å². The van der Waals surface area contributed by atoms with E-state index in [-0.39, 0.29) is 24.0 Å². The lowest BCUT2D eigenvalue weighted by Crippen LogP contribution is -2.45. The Morgan fingerprint density at radius 2 is 2.14 bits per heavy atom. The third kappa shape index (κ3) is 4.35. The highest BCUT2D eigenvalue weighted by molar-refractivity contribution is 5.96. The molecule has 1 amide bonds. The molecule has 0 aliphatic carbocycles. The third-order valence-corrected chi connectivity index (χ3v) is 5.04. The number of ether oxygens (including phenoxy) is 1. The van der Waals surface area contributed by atoms with Gasteiger partial charge in [-0.3, -0.25) is 4.79 Å². The Morgan fingerprint density at radius 1 is 1.39 bits per heavy atom. The summed E-state index contributed by atoms with van der Waals surface area (Å²) in [5, 5.41) is 14.3. The summed E-state index contributed by atoms with van der Waals surface area (Å²) in [6, 6.07) is 5.41. The predicted octanol–water partition coefficient (Wildman–Crippen LogP) is 3.49. The standard InChI is InChI=1S/C21H29N3O4/c1-13(2)27-19-16(7-6-10-22-19)20(25)24-12-15(9-8-14(24)3)17-11-18(28-23-17)21(4,5)26/h6-7,10-11,13-15,26H,8-9,12H2,1-5H3/t14-,15-/m1/s1. The summed E-state index contributed by atoms with van der Waals surface area (Å²) in [7, 11) is 0. The first-order valence-electron chi connectivity index (χ1n) is 9.79. The molecule has 0 saturated carbocycles. The molecule has 28 heavy (non-hydrogen) atoms. The summed E-state index contributed by atoms with van der Waals surface area (Å²) >= 11 is 0. The van der Waals surface area contributed by atoms with E-state index >= 15 is 0 Å². The fourth-order valence-electron chi connectivity index (χ4n) is 3.43. The van der Waals surface area contributed by atoms with Gasteiger partial charge in [0, 0.05) is 30.8 Å². The number of carbonyl (C=O) groups is 1. The van der Waals surface area contributed by atoms with E-state index in [2.05, 4.69) is 17.1 Å². The lowest BCUT2D eigenvalue weighted by molar-refractivity contribution is 0.0474. The molecule has 1 aliphatic heterocycles. The molecule has 2 aromatic heterocycles. The maximum Gasteiger partial charge on any atom is 0.259 e. The van der Waals surface area contributed by atoms with Crippen LogP contribution in [0.5, 0.6) is 5.88 Å². The fourth-order valence-corrected chi connectivity index (χ4v) is 3.43. The number of amides is 1. The minimum atomic E-state index is -1.08. The molecule has 152 valence electrons.